The lowest BCUT2D eigenvalue weighted by Crippen LogP contribution is -2.50. The number of aromatic nitrogens is 2. The maximum absolute atomic E-state index is 6.62. The van der Waals surface area contributed by atoms with E-state index in [9.17, 15) is 0 Å². The lowest BCUT2D eigenvalue weighted by atomic mass is 9.48. The van der Waals surface area contributed by atoms with Gasteiger partial charge in [-0.2, -0.15) is 0 Å². The molecule has 5 rings (SSSR count). The number of rotatable bonds is 2. The van der Waals surface area contributed by atoms with Gasteiger partial charge in [-0.25, -0.2) is 0 Å². The molecule has 1 aromatic heterocycles. The van der Waals surface area contributed by atoms with Crippen LogP contribution in [0, 0.1) is 30.1 Å². The van der Waals surface area contributed by atoms with Crippen LogP contribution in [0.2, 0.25) is 0 Å². The molecule has 2 N–H and O–H groups in total. The van der Waals surface area contributed by atoms with Crippen LogP contribution in [0.3, 0.4) is 0 Å². The quantitative estimate of drug-likeness (QED) is 0.892. The molecule has 18 heavy (non-hydrogen) atoms. The van der Waals surface area contributed by atoms with Crippen molar-refractivity contribution in [1.82, 2.24) is 10.2 Å². The normalized spacial score (nSPS) is 43.3. The van der Waals surface area contributed by atoms with Gasteiger partial charge in [-0.1, -0.05) is 0 Å². The van der Waals surface area contributed by atoms with Crippen LogP contribution >= 0.6 is 11.3 Å². The van der Waals surface area contributed by atoms with Crippen molar-refractivity contribution in [3.63, 3.8) is 0 Å². The molecule has 1 heterocycles. The highest BCUT2D eigenvalue weighted by Crippen LogP contribution is 2.63. The highest BCUT2D eigenvalue weighted by molar-refractivity contribution is 7.11. The van der Waals surface area contributed by atoms with Gasteiger partial charge in [-0.15, -0.1) is 21.5 Å². The Morgan fingerprint density at radius 1 is 1.11 bits per heavy atom. The molecule has 0 amide bonds. The van der Waals surface area contributed by atoms with Crippen molar-refractivity contribution >= 4 is 11.3 Å². The summed E-state index contributed by atoms with van der Waals surface area (Å²) in [4.78, 5) is 0. The number of hydrogen-bond donors (Lipinski definition) is 1. The summed E-state index contributed by atoms with van der Waals surface area (Å²) < 4.78 is 0. The summed E-state index contributed by atoms with van der Waals surface area (Å²) >= 11 is 1.70. The average Bonchev–Trinajstić information content (AvgIpc) is 2.73. The Morgan fingerprint density at radius 3 is 2.11 bits per heavy atom. The van der Waals surface area contributed by atoms with E-state index in [-0.39, 0.29) is 6.04 Å². The maximum Gasteiger partial charge on any atom is 0.134 e. The van der Waals surface area contributed by atoms with Gasteiger partial charge in [0.15, 0.2) is 0 Å². The van der Waals surface area contributed by atoms with E-state index < -0.39 is 0 Å². The Bertz CT molecular complexity index is 432. The summed E-state index contributed by atoms with van der Waals surface area (Å²) in [5.74, 6) is 2.86. The molecule has 0 spiro atoms. The van der Waals surface area contributed by atoms with Gasteiger partial charge in [0.1, 0.15) is 10.0 Å². The minimum Gasteiger partial charge on any atom is -0.321 e. The van der Waals surface area contributed by atoms with Crippen molar-refractivity contribution in [1.29, 1.82) is 0 Å². The predicted octanol–water partition coefficient (Wildman–Crippen LogP) is 3.06. The van der Waals surface area contributed by atoms with Crippen LogP contribution in [0.4, 0.5) is 0 Å². The SMILES string of the molecule is Cc1nnc(C(N)C23CC4CC(CC(C4)C2)C3)s1. The van der Waals surface area contributed by atoms with Gasteiger partial charge in [-0.05, 0) is 68.6 Å². The summed E-state index contributed by atoms with van der Waals surface area (Å²) in [5.41, 5.74) is 6.98. The summed E-state index contributed by atoms with van der Waals surface area (Å²) in [6, 6.07) is 0.136. The molecule has 1 unspecified atom stereocenters. The predicted molar refractivity (Wildman–Crippen MR) is 72.2 cm³/mol. The monoisotopic (exact) mass is 263 g/mol. The minimum atomic E-state index is 0.136. The highest BCUT2D eigenvalue weighted by atomic mass is 32.1. The third-order valence-corrected chi connectivity index (χ3v) is 6.47. The largest absolute Gasteiger partial charge is 0.321 e. The van der Waals surface area contributed by atoms with Gasteiger partial charge in [0.25, 0.3) is 0 Å². The zero-order valence-corrected chi connectivity index (χ0v) is 11.7. The second-order valence-corrected chi connectivity index (χ2v) is 8.13. The van der Waals surface area contributed by atoms with E-state index >= 15 is 0 Å². The molecule has 4 bridgehead atoms. The first kappa shape index (κ1) is 11.4. The molecule has 0 radical (unpaired) electrons. The topological polar surface area (TPSA) is 51.8 Å². The van der Waals surface area contributed by atoms with Crippen LogP contribution in [0.15, 0.2) is 0 Å². The van der Waals surface area contributed by atoms with E-state index in [2.05, 4.69) is 10.2 Å². The fourth-order valence-corrected chi connectivity index (χ4v) is 6.10. The van der Waals surface area contributed by atoms with Crippen molar-refractivity contribution < 1.29 is 0 Å². The first-order chi connectivity index (χ1) is 8.64. The summed E-state index contributed by atoms with van der Waals surface area (Å²) in [6.45, 7) is 2.02. The Labute approximate surface area is 112 Å². The van der Waals surface area contributed by atoms with Crippen LogP contribution in [-0.4, -0.2) is 10.2 Å². The molecular formula is C14H21N3S. The maximum atomic E-state index is 6.62. The third kappa shape index (κ3) is 1.58. The Balaban J connectivity index is 1.67. The van der Waals surface area contributed by atoms with Crippen molar-refractivity contribution in [2.45, 2.75) is 51.5 Å². The fourth-order valence-electron chi connectivity index (χ4n) is 5.26. The van der Waals surface area contributed by atoms with Crippen molar-refractivity contribution in [3.05, 3.63) is 10.0 Å². The van der Waals surface area contributed by atoms with Gasteiger partial charge in [0.2, 0.25) is 0 Å². The number of nitrogens with zero attached hydrogens (tertiary/aromatic N) is 2. The van der Waals surface area contributed by atoms with E-state index in [1.54, 1.807) is 11.3 Å². The summed E-state index contributed by atoms with van der Waals surface area (Å²) in [7, 11) is 0. The van der Waals surface area contributed by atoms with Gasteiger partial charge in [-0.3, -0.25) is 0 Å². The lowest BCUT2D eigenvalue weighted by Gasteiger charge is -2.58. The molecule has 4 heteroatoms. The fraction of sp³-hybridized carbons (Fsp3) is 0.857. The average molecular weight is 263 g/mol. The van der Waals surface area contributed by atoms with Gasteiger partial charge in [0, 0.05) is 0 Å². The third-order valence-electron chi connectivity index (χ3n) is 5.55. The Kier molecular flexibility index (Phi) is 2.37. The summed E-state index contributed by atoms with van der Waals surface area (Å²) in [5, 5.41) is 10.6. The number of aryl methyl sites for hydroxylation is 1. The zero-order chi connectivity index (χ0) is 12.3. The van der Waals surface area contributed by atoms with E-state index in [0.29, 0.717) is 5.41 Å². The molecule has 0 aliphatic heterocycles. The molecule has 4 aliphatic rings. The molecule has 4 saturated carbocycles. The smallest absolute Gasteiger partial charge is 0.134 e. The van der Waals surface area contributed by atoms with Crippen molar-refractivity contribution in [2.75, 3.05) is 0 Å². The molecular weight excluding hydrogens is 242 g/mol. The molecule has 1 atom stereocenters. The molecule has 1 aromatic rings. The van der Waals surface area contributed by atoms with Gasteiger partial charge < -0.3 is 5.73 Å². The van der Waals surface area contributed by atoms with Gasteiger partial charge >= 0.3 is 0 Å². The first-order valence-corrected chi connectivity index (χ1v) is 8.02. The van der Waals surface area contributed by atoms with E-state index in [4.69, 9.17) is 5.73 Å². The van der Waals surface area contributed by atoms with E-state index in [0.717, 1.165) is 27.8 Å². The molecule has 4 fully saturated rings. The molecule has 98 valence electrons. The van der Waals surface area contributed by atoms with E-state index in [1.807, 2.05) is 6.92 Å². The van der Waals surface area contributed by atoms with Crippen LogP contribution in [0.25, 0.3) is 0 Å². The first-order valence-electron chi connectivity index (χ1n) is 7.20. The minimum absolute atomic E-state index is 0.136. The molecule has 3 nitrogen and oxygen atoms in total. The standard InChI is InChI=1S/C14H21N3S/c1-8-16-17-13(18-8)12(15)14-5-9-2-10(6-14)4-11(3-9)7-14/h9-12H,2-7,15H2,1H3. The van der Waals surface area contributed by atoms with E-state index in [1.165, 1.54) is 38.5 Å². The van der Waals surface area contributed by atoms with Crippen molar-refractivity contribution in [2.24, 2.45) is 28.9 Å². The van der Waals surface area contributed by atoms with Crippen LogP contribution in [0.1, 0.15) is 54.6 Å². The summed E-state index contributed by atoms with van der Waals surface area (Å²) in [6.07, 6.45) is 8.46. The Morgan fingerprint density at radius 2 is 1.67 bits per heavy atom. The molecule has 0 saturated heterocycles. The number of nitrogens with two attached hydrogens (primary N) is 1. The van der Waals surface area contributed by atoms with Crippen LogP contribution in [0.5, 0.6) is 0 Å². The van der Waals surface area contributed by atoms with Crippen LogP contribution < -0.4 is 5.73 Å². The number of hydrogen-bond acceptors (Lipinski definition) is 4. The lowest BCUT2D eigenvalue weighted by molar-refractivity contribution is -0.0678. The van der Waals surface area contributed by atoms with Gasteiger partial charge in [0.05, 0.1) is 6.04 Å². The molecule has 4 aliphatic carbocycles. The zero-order valence-electron chi connectivity index (χ0n) is 10.9. The van der Waals surface area contributed by atoms with Crippen LogP contribution in [-0.2, 0) is 0 Å². The van der Waals surface area contributed by atoms with Crippen molar-refractivity contribution in [3.8, 4) is 0 Å². The second kappa shape index (κ2) is 3.76. The molecule has 0 aromatic carbocycles. The Hall–Kier alpha value is -0.480. The highest BCUT2D eigenvalue weighted by Gasteiger charge is 2.54. The second-order valence-electron chi connectivity index (χ2n) is 6.92.